The maximum absolute atomic E-state index is 11.9. The molecule has 0 aromatic carbocycles. The first kappa shape index (κ1) is 15.5. The summed E-state index contributed by atoms with van der Waals surface area (Å²) in [5.41, 5.74) is 0. The standard InChI is InChI=1S/C15H30N2O/c1-3-4-5-6-9-13(2)17-15(18)12-14-10-7-8-11-16-14/h13-14,16H,3-12H2,1-2H3,(H,17,18). The molecule has 1 saturated heterocycles. The van der Waals surface area contributed by atoms with Crippen molar-refractivity contribution in [2.75, 3.05) is 6.54 Å². The lowest BCUT2D eigenvalue weighted by atomic mass is 10.0. The maximum atomic E-state index is 11.9. The van der Waals surface area contributed by atoms with Crippen molar-refractivity contribution in [3.63, 3.8) is 0 Å². The fourth-order valence-electron chi connectivity index (χ4n) is 2.61. The first-order valence-electron chi connectivity index (χ1n) is 7.75. The van der Waals surface area contributed by atoms with E-state index < -0.39 is 0 Å². The van der Waals surface area contributed by atoms with Crippen LogP contribution in [0.15, 0.2) is 0 Å². The summed E-state index contributed by atoms with van der Waals surface area (Å²) in [7, 11) is 0. The van der Waals surface area contributed by atoms with Crippen LogP contribution >= 0.6 is 0 Å². The van der Waals surface area contributed by atoms with Gasteiger partial charge in [-0.25, -0.2) is 0 Å². The van der Waals surface area contributed by atoms with Crippen LogP contribution in [0.25, 0.3) is 0 Å². The monoisotopic (exact) mass is 254 g/mol. The predicted molar refractivity (Wildman–Crippen MR) is 76.6 cm³/mol. The highest BCUT2D eigenvalue weighted by Crippen LogP contribution is 2.10. The topological polar surface area (TPSA) is 41.1 Å². The van der Waals surface area contributed by atoms with Gasteiger partial charge in [0.1, 0.15) is 0 Å². The van der Waals surface area contributed by atoms with Crippen LogP contribution in [0.4, 0.5) is 0 Å². The number of nitrogens with one attached hydrogen (secondary N) is 2. The number of rotatable bonds is 8. The van der Waals surface area contributed by atoms with Gasteiger partial charge in [-0.15, -0.1) is 0 Å². The third-order valence-corrected chi connectivity index (χ3v) is 3.74. The van der Waals surface area contributed by atoms with E-state index in [2.05, 4.69) is 24.5 Å². The molecule has 0 spiro atoms. The van der Waals surface area contributed by atoms with Crippen molar-refractivity contribution in [3.05, 3.63) is 0 Å². The molecule has 0 aliphatic carbocycles. The molecule has 0 radical (unpaired) electrons. The predicted octanol–water partition coefficient (Wildman–Crippen LogP) is 2.99. The molecular weight excluding hydrogens is 224 g/mol. The van der Waals surface area contributed by atoms with Crippen LogP contribution in [0.2, 0.25) is 0 Å². The van der Waals surface area contributed by atoms with Crippen LogP contribution in [0.5, 0.6) is 0 Å². The van der Waals surface area contributed by atoms with E-state index in [1.54, 1.807) is 0 Å². The summed E-state index contributed by atoms with van der Waals surface area (Å²) < 4.78 is 0. The first-order valence-corrected chi connectivity index (χ1v) is 7.75. The average molecular weight is 254 g/mol. The van der Waals surface area contributed by atoms with E-state index in [1.165, 1.54) is 38.5 Å². The van der Waals surface area contributed by atoms with Crippen molar-refractivity contribution in [1.82, 2.24) is 10.6 Å². The van der Waals surface area contributed by atoms with Gasteiger partial charge < -0.3 is 10.6 Å². The Morgan fingerprint density at radius 2 is 2.17 bits per heavy atom. The second-order valence-corrected chi connectivity index (χ2v) is 5.67. The summed E-state index contributed by atoms with van der Waals surface area (Å²) in [6.45, 7) is 5.42. The van der Waals surface area contributed by atoms with Crippen molar-refractivity contribution < 1.29 is 4.79 Å². The van der Waals surface area contributed by atoms with E-state index in [0.29, 0.717) is 18.5 Å². The largest absolute Gasteiger partial charge is 0.354 e. The number of unbranched alkanes of at least 4 members (excludes halogenated alkanes) is 3. The molecule has 0 aromatic heterocycles. The summed E-state index contributed by atoms with van der Waals surface area (Å²) in [5, 5.41) is 6.55. The highest BCUT2D eigenvalue weighted by Gasteiger charge is 2.17. The van der Waals surface area contributed by atoms with Crippen LogP contribution in [0.3, 0.4) is 0 Å². The zero-order chi connectivity index (χ0) is 13.2. The smallest absolute Gasteiger partial charge is 0.221 e. The lowest BCUT2D eigenvalue weighted by Gasteiger charge is -2.23. The van der Waals surface area contributed by atoms with Gasteiger partial charge in [-0.05, 0) is 32.7 Å². The molecule has 1 aliphatic rings. The highest BCUT2D eigenvalue weighted by atomic mass is 16.1. The zero-order valence-corrected chi connectivity index (χ0v) is 12.1. The van der Waals surface area contributed by atoms with Crippen molar-refractivity contribution >= 4 is 5.91 Å². The Hall–Kier alpha value is -0.570. The summed E-state index contributed by atoms with van der Waals surface area (Å²) in [6.07, 6.45) is 10.5. The lowest BCUT2D eigenvalue weighted by Crippen LogP contribution is -2.41. The summed E-state index contributed by atoms with van der Waals surface area (Å²) >= 11 is 0. The van der Waals surface area contributed by atoms with E-state index in [-0.39, 0.29) is 5.91 Å². The van der Waals surface area contributed by atoms with Gasteiger partial charge in [0.25, 0.3) is 0 Å². The molecule has 1 fully saturated rings. The number of carbonyl (C=O) groups is 1. The molecule has 18 heavy (non-hydrogen) atoms. The third-order valence-electron chi connectivity index (χ3n) is 3.74. The normalized spacial score (nSPS) is 21.6. The van der Waals surface area contributed by atoms with Crippen molar-refractivity contribution in [2.24, 2.45) is 0 Å². The van der Waals surface area contributed by atoms with E-state index >= 15 is 0 Å². The summed E-state index contributed by atoms with van der Waals surface area (Å²) in [5.74, 6) is 0.220. The van der Waals surface area contributed by atoms with Gasteiger partial charge in [-0.3, -0.25) is 4.79 Å². The minimum absolute atomic E-state index is 0.220. The maximum Gasteiger partial charge on any atom is 0.221 e. The summed E-state index contributed by atoms with van der Waals surface area (Å²) in [4.78, 5) is 11.9. The van der Waals surface area contributed by atoms with E-state index in [9.17, 15) is 4.79 Å². The summed E-state index contributed by atoms with van der Waals surface area (Å²) in [6, 6.07) is 0.740. The molecule has 1 amide bonds. The third kappa shape index (κ3) is 7.00. The van der Waals surface area contributed by atoms with Gasteiger partial charge in [-0.2, -0.15) is 0 Å². The lowest BCUT2D eigenvalue weighted by molar-refractivity contribution is -0.122. The van der Waals surface area contributed by atoms with E-state index in [0.717, 1.165) is 19.4 Å². The minimum atomic E-state index is 0.220. The van der Waals surface area contributed by atoms with Crippen LogP contribution in [0, 0.1) is 0 Å². The van der Waals surface area contributed by atoms with Gasteiger partial charge in [0.15, 0.2) is 0 Å². The molecule has 1 rings (SSSR count). The van der Waals surface area contributed by atoms with Crippen LogP contribution < -0.4 is 10.6 Å². The fraction of sp³-hybridized carbons (Fsp3) is 0.933. The quantitative estimate of drug-likeness (QED) is 0.654. The van der Waals surface area contributed by atoms with E-state index in [4.69, 9.17) is 0 Å². The molecule has 3 heteroatoms. The van der Waals surface area contributed by atoms with Crippen LogP contribution in [-0.2, 0) is 4.79 Å². The average Bonchev–Trinajstić information content (AvgIpc) is 2.35. The van der Waals surface area contributed by atoms with Crippen molar-refractivity contribution in [2.45, 2.75) is 83.7 Å². The van der Waals surface area contributed by atoms with Gasteiger partial charge >= 0.3 is 0 Å². The molecule has 0 aromatic rings. The fourth-order valence-corrected chi connectivity index (χ4v) is 2.61. The first-order chi connectivity index (χ1) is 8.72. The molecule has 1 heterocycles. The molecule has 106 valence electrons. The molecule has 2 unspecified atom stereocenters. The molecule has 1 aliphatic heterocycles. The zero-order valence-electron chi connectivity index (χ0n) is 12.1. The van der Waals surface area contributed by atoms with Gasteiger partial charge in [0.05, 0.1) is 0 Å². The Balaban J connectivity index is 2.06. The van der Waals surface area contributed by atoms with Crippen molar-refractivity contribution in [3.8, 4) is 0 Å². The minimum Gasteiger partial charge on any atom is -0.354 e. The second-order valence-electron chi connectivity index (χ2n) is 5.67. The van der Waals surface area contributed by atoms with Gasteiger partial charge in [0, 0.05) is 18.5 Å². The molecule has 2 N–H and O–H groups in total. The molecule has 3 nitrogen and oxygen atoms in total. The Kier molecular flexibility index (Phi) is 8.06. The Labute approximate surface area is 112 Å². The van der Waals surface area contributed by atoms with Crippen LogP contribution in [0.1, 0.15) is 71.6 Å². The van der Waals surface area contributed by atoms with Gasteiger partial charge in [0.2, 0.25) is 5.91 Å². The SMILES string of the molecule is CCCCCCC(C)NC(=O)CC1CCCCN1. The van der Waals surface area contributed by atoms with E-state index in [1.807, 2.05) is 0 Å². The highest BCUT2D eigenvalue weighted by molar-refractivity contribution is 5.76. The van der Waals surface area contributed by atoms with Gasteiger partial charge in [-0.1, -0.05) is 39.0 Å². The number of carbonyl (C=O) groups excluding carboxylic acids is 1. The molecular formula is C15H30N2O. The Morgan fingerprint density at radius 3 is 2.83 bits per heavy atom. The van der Waals surface area contributed by atoms with Crippen molar-refractivity contribution in [1.29, 1.82) is 0 Å². The van der Waals surface area contributed by atoms with Crippen LogP contribution in [-0.4, -0.2) is 24.5 Å². The molecule has 2 atom stereocenters. The Morgan fingerprint density at radius 1 is 1.33 bits per heavy atom. The Bertz CT molecular complexity index is 225. The number of amides is 1. The number of hydrogen-bond acceptors (Lipinski definition) is 2. The second kappa shape index (κ2) is 9.37. The molecule has 0 bridgehead atoms. The number of hydrogen-bond donors (Lipinski definition) is 2. The molecule has 0 saturated carbocycles. The number of piperidine rings is 1.